The predicted molar refractivity (Wildman–Crippen MR) is 70.2 cm³/mol. The third-order valence-electron chi connectivity index (χ3n) is 2.92. The van der Waals surface area contributed by atoms with Crippen LogP contribution in [0.15, 0.2) is 17.5 Å². The van der Waals surface area contributed by atoms with Crippen molar-refractivity contribution < 1.29 is 4.79 Å². The fraction of sp³-hybridized carbons (Fsp3) is 0.583. The van der Waals surface area contributed by atoms with E-state index in [1.807, 2.05) is 18.4 Å². The first-order valence-corrected chi connectivity index (χ1v) is 6.89. The molecule has 2 rings (SSSR count). The first-order chi connectivity index (χ1) is 8.25. The van der Waals surface area contributed by atoms with Crippen LogP contribution in [-0.4, -0.2) is 43.5 Å². The molecule has 1 saturated heterocycles. The molecule has 1 aliphatic heterocycles. The molecule has 1 aromatic rings. The van der Waals surface area contributed by atoms with Gasteiger partial charge in [-0.2, -0.15) is 0 Å². The Balaban J connectivity index is 1.76. The Labute approximate surface area is 106 Å². The van der Waals surface area contributed by atoms with Crippen LogP contribution in [0.3, 0.4) is 0 Å². The van der Waals surface area contributed by atoms with Crippen molar-refractivity contribution in [3.8, 4) is 0 Å². The van der Waals surface area contributed by atoms with Crippen LogP contribution >= 0.6 is 11.3 Å². The Morgan fingerprint density at radius 3 is 3.00 bits per heavy atom. The maximum absolute atomic E-state index is 11.8. The number of rotatable bonds is 4. The van der Waals surface area contributed by atoms with Crippen LogP contribution in [0.25, 0.3) is 0 Å². The minimum absolute atomic E-state index is 0.116. The molecular weight excluding hydrogens is 234 g/mol. The summed E-state index contributed by atoms with van der Waals surface area (Å²) in [5, 5.41) is 8.35. The fourth-order valence-corrected chi connectivity index (χ4v) is 2.70. The molecule has 1 unspecified atom stereocenters. The minimum atomic E-state index is 0.116. The van der Waals surface area contributed by atoms with Crippen LogP contribution in [0, 0.1) is 0 Å². The van der Waals surface area contributed by atoms with Gasteiger partial charge in [0.25, 0.3) is 0 Å². The topological polar surface area (TPSA) is 44.4 Å². The highest BCUT2D eigenvalue weighted by Gasteiger charge is 2.15. The van der Waals surface area contributed by atoms with Gasteiger partial charge in [-0.1, -0.05) is 6.07 Å². The van der Waals surface area contributed by atoms with Crippen molar-refractivity contribution in [2.45, 2.75) is 13.0 Å². The van der Waals surface area contributed by atoms with Crippen LogP contribution in [0.1, 0.15) is 17.8 Å². The standard InChI is InChI=1S/C12H19N3OS/c1-10(11-3-2-8-17-11)14-12(16)9-15-6-4-13-5-7-15/h2-3,8,10,13H,4-7,9H2,1H3,(H,14,16). The highest BCUT2D eigenvalue weighted by atomic mass is 32.1. The van der Waals surface area contributed by atoms with Gasteiger partial charge in [0.05, 0.1) is 12.6 Å². The maximum atomic E-state index is 11.8. The van der Waals surface area contributed by atoms with Gasteiger partial charge in [0.15, 0.2) is 0 Å². The van der Waals surface area contributed by atoms with E-state index >= 15 is 0 Å². The second-order valence-electron chi connectivity index (χ2n) is 4.33. The molecule has 1 atom stereocenters. The van der Waals surface area contributed by atoms with Gasteiger partial charge >= 0.3 is 0 Å². The smallest absolute Gasteiger partial charge is 0.234 e. The number of carbonyl (C=O) groups excluding carboxylic acids is 1. The van der Waals surface area contributed by atoms with E-state index in [4.69, 9.17) is 0 Å². The third-order valence-corrected chi connectivity index (χ3v) is 3.98. The summed E-state index contributed by atoms with van der Waals surface area (Å²) in [6.07, 6.45) is 0. The molecule has 4 nitrogen and oxygen atoms in total. The number of carbonyl (C=O) groups is 1. The summed E-state index contributed by atoms with van der Waals surface area (Å²) in [6, 6.07) is 4.18. The normalized spacial score (nSPS) is 18.9. The lowest BCUT2D eigenvalue weighted by atomic mass is 10.2. The molecule has 0 saturated carbocycles. The molecule has 2 N–H and O–H groups in total. The molecule has 2 heterocycles. The van der Waals surface area contributed by atoms with Crippen LogP contribution < -0.4 is 10.6 Å². The van der Waals surface area contributed by atoms with Crippen LogP contribution in [-0.2, 0) is 4.79 Å². The average molecular weight is 253 g/mol. The van der Waals surface area contributed by atoms with E-state index in [2.05, 4.69) is 21.6 Å². The van der Waals surface area contributed by atoms with Gasteiger partial charge in [-0.25, -0.2) is 0 Å². The number of nitrogens with one attached hydrogen (secondary N) is 2. The second kappa shape index (κ2) is 6.14. The molecule has 1 aliphatic rings. The maximum Gasteiger partial charge on any atom is 0.234 e. The van der Waals surface area contributed by atoms with Gasteiger partial charge in [-0.05, 0) is 18.4 Å². The SMILES string of the molecule is CC(NC(=O)CN1CCNCC1)c1cccs1. The van der Waals surface area contributed by atoms with Gasteiger partial charge in [0.1, 0.15) is 0 Å². The van der Waals surface area contributed by atoms with Crippen molar-refractivity contribution in [2.24, 2.45) is 0 Å². The van der Waals surface area contributed by atoms with Gasteiger partial charge in [-0.15, -0.1) is 11.3 Å². The summed E-state index contributed by atoms with van der Waals surface area (Å²) in [7, 11) is 0. The zero-order chi connectivity index (χ0) is 12.1. The molecular formula is C12H19N3OS. The van der Waals surface area contributed by atoms with Crippen LogP contribution in [0.4, 0.5) is 0 Å². The number of nitrogens with zero attached hydrogens (tertiary/aromatic N) is 1. The van der Waals surface area contributed by atoms with Crippen molar-refractivity contribution in [1.29, 1.82) is 0 Å². The summed E-state index contributed by atoms with van der Waals surface area (Å²) in [5.74, 6) is 0.118. The fourth-order valence-electron chi connectivity index (χ4n) is 1.97. The van der Waals surface area contributed by atoms with Gasteiger partial charge in [-0.3, -0.25) is 9.69 Å². The summed E-state index contributed by atoms with van der Waals surface area (Å²) in [5.41, 5.74) is 0. The summed E-state index contributed by atoms with van der Waals surface area (Å²) >= 11 is 1.68. The van der Waals surface area contributed by atoms with Crippen molar-refractivity contribution in [3.05, 3.63) is 22.4 Å². The lowest BCUT2D eigenvalue weighted by Gasteiger charge is -2.27. The summed E-state index contributed by atoms with van der Waals surface area (Å²) < 4.78 is 0. The first kappa shape index (κ1) is 12.5. The molecule has 17 heavy (non-hydrogen) atoms. The predicted octanol–water partition coefficient (Wildman–Crippen LogP) is 0.831. The Morgan fingerprint density at radius 2 is 2.35 bits per heavy atom. The molecule has 5 heteroatoms. The highest BCUT2D eigenvalue weighted by molar-refractivity contribution is 7.10. The zero-order valence-electron chi connectivity index (χ0n) is 10.1. The van der Waals surface area contributed by atoms with Gasteiger partial charge in [0.2, 0.25) is 5.91 Å². The van der Waals surface area contributed by atoms with E-state index in [9.17, 15) is 4.79 Å². The van der Waals surface area contributed by atoms with Crippen molar-refractivity contribution in [2.75, 3.05) is 32.7 Å². The first-order valence-electron chi connectivity index (χ1n) is 6.01. The van der Waals surface area contributed by atoms with Crippen molar-refractivity contribution >= 4 is 17.2 Å². The molecule has 1 fully saturated rings. The van der Waals surface area contributed by atoms with E-state index in [-0.39, 0.29) is 11.9 Å². The quantitative estimate of drug-likeness (QED) is 0.835. The average Bonchev–Trinajstić information content (AvgIpc) is 2.83. The van der Waals surface area contributed by atoms with Crippen LogP contribution in [0.5, 0.6) is 0 Å². The van der Waals surface area contributed by atoms with Gasteiger partial charge in [0, 0.05) is 31.1 Å². The van der Waals surface area contributed by atoms with E-state index in [1.54, 1.807) is 11.3 Å². The molecule has 94 valence electrons. The number of piperazine rings is 1. The van der Waals surface area contributed by atoms with E-state index in [1.165, 1.54) is 4.88 Å². The Morgan fingerprint density at radius 1 is 1.59 bits per heavy atom. The summed E-state index contributed by atoms with van der Waals surface area (Å²) in [4.78, 5) is 15.2. The summed E-state index contributed by atoms with van der Waals surface area (Å²) in [6.45, 7) is 6.42. The number of hydrogen-bond donors (Lipinski definition) is 2. The van der Waals surface area contributed by atoms with Crippen LogP contribution in [0.2, 0.25) is 0 Å². The molecule has 0 radical (unpaired) electrons. The van der Waals surface area contributed by atoms with Crippen molar-refractivity contribution in [1.82, 2.24) is 15.5 Å². The third kappa shape index (κ3) is 3.80. The molecule has 1 aromatic heterocycles. The lowest BCUT2D eigenvalue weighted by Crippen LogP contribution is -2.47. The second-order valence-corrected chi connectivity index (χ2v) is 5.31. The molecule has 0 bridgehead atoms. The Bertz CT molecular complexity index is 347. The zero-order valence-corrected chi connectivity index (χ0v) is 10.9. The number of amides is 1. The van der Waals surface area contributed by atoms with E-state index in [0.717, 1.165) is 26.2 Å². The molecule has 1 amide bonds. The highest BCUT2D eigenvalue weighted by Crippen LogP contribution is 2.17. The number of hydrogen-bond acceptors (Lipinski definition) is 4. The monoisotopic (exact) mass is 253 g/mol. The Hall–Kier alpha value is -0.910. The molecule has 0 aliphatic carbocycles. The lowest BCUT2D eigenvalue weighted by molar-refractivity contribution is -0.123. The minimum Gasteiger partial charge on any atom is -0.348 e. The van der Waals surface area contributed by atoms with Gasteiger partial charge < -0.3 is 10.6 Å². The van der Waals surface area contributed by atoms with Crippen molar-refractivity contribution in [3.63, 3.8) is 0 Å². The largest absolute Gasteiger partial charge is 0.348 e. The molecule has 0 aromatic carbocycles. The number of thiophene rings is 1. The Kier molecular flexibility index (Phi) is 4.53. The van der Waals surface area contributed by atoms with E-state index in [0.29, 0.717) is 6.54 Å². The van der Waals surface area contributed by atoms with E-state index < -0.39 is 0 Å². The molecule has 0 spiro atoms.